The average Bonchev–Trinajstić information content (AvgIpc) is 2.90. The fourth-order valence-corrected chi connectivity index (χ4v) is 4.93. The Bertz CT molecular complexity index is 1390. The molecule has 0 bridgehead atoms. The van der Waals surface area contributed by atoms with Crippen LogP contribution in [0, 0.1) is 0 Å². The van der Waals surface area contributed by atoms with Crippen molar-refractivity contribution < 1.29 is 9.90 Å². The first-order valence-electron chi connectivity index (χ1n) is 13.4. The largest absolute Gasteiger partial charge is 0.481 e. The zero-order chi connectivity index (χ0) is 27.8. The maximum Gasteiger partial charge on any atom is 0.307 e. The number of nitrogens with zero attached hydrogens (tertiary/aromatic N) is 1. The topological polar surface area (TPSA) is 52.6 Å². The fraction of sp³-hybridized carbons (Fsp3) is 0.229. The van der Waals surface area contributed by atoms with Gasteiger partial charge in [0.2, 0.25) is 0 Å². The highest BCUT2D eigenvalue weighted by atomic mass is 16.4. The fourth-order valence-electron chi connectivity index (χ4n) is 4.93. The number of allylic oxidation sites excluding steroid dienone is 8. The van der Waals surface area contributed by atoms with Gasteiger partial charge in [-0.25, -0.2) is 0 Å². The molecule has 3 aromatic carbocycles. The molecule has 0 aliphatic carbocycles. The number of hydrogen-bond acceptors (Lipinski definition) is 3. The molecule has 0 radical (unpaired) electrons. The highest BCUT2D eigenvalue weighted by molar-refractivity contribution is 5.70. The second-order valence-electron chi connectivity index (χ2n) is 10.8. The Kier molecular flexibility index (Phi) is 8.88. The van der Waals surface area contributed by atoms with Crippen molar-refractivity contribution in [2.45, 2.75) is 52.5 Å². The third-order valence-corrected chi connectivity index (χ3v) is 7.08. The number of carboxylic acid groups (broad SMARTS) is 1. The first-order valence-corrected chi connectivity index (χ1v) is 13.4. The summed E-state index contributed by atoms with van der Waals surface area (Å²) in [7, 11) is 0. The minimum atomic E-state index is -0.807. The van der Waals surface area contributed by atoms with Crippen molar-refractivity contribution in [3.63, 3.8) is 0 Å². The van der Waals surface area contributed by atoms with Gasteiger partial charge in [0, 0.05) is 29.3 Å². The molecule has 0 spiro atoms. The van der Waals surface area contributed by atoms with E-state index in [1.165, 1.54) is 22.5 Å². The average molecular weight is 519 g/mol. The molecule has 0 aromatic heterocycles. The number of benzene rings is 3. The predicted molar refractivity (Wildman–Crippen MR) is 162 cm³/mol. The Balaban J connectivity index is 1.39. The molecule has 2 N–H and O–H groups in total. The third kappa shape index (κ3) is 7.61. The zero-order valence-corrected chi connectivity index (χ0v) is 23.3. The summed E-state index contributed by atoms with van der Waals surface area (Å²) in [6.07, 6.45) is 12.0. The van der Waals surface area contributed by atoms with Crippen LogP contribution in [0.3, 0.4) is 0 Å². The van der Waals surface area contributed by atoms with E-state index < -0.39 is 5.97 Å². The number of para-hydroxylation sites is 2. The monoisotopic (exact) mass is 518 g/mol. The van der Waals surface area contributed by atoms with Crippen molar-refractivity contribution in [2.24, 2.45) is 0 Å². The molecule has 0 atom stereocenters. The number of rotatable bonds is 10. The van der Waals surface area contributed by atoms with E-state index >= 15 is 0 Å². The number of anilines is 2. The number of carbonyl (C=O) groups is 1. The molecule has 0 saturated heterocycles. The predicted octanol–water partition coefficient (Wildman–Crippen LogP) is 8.53. The lowest BCUT2D eigenvalue weighted by molar-refractivity contribution is -0.136. The smallest absolute Gasteiger partial charge is 0.307 e. The van der Waals surface area contributed by atoms with E-state index in [-0.39, 0.29) is 11.8 Å². The maximum absolute atomic E-state index is 10.9. The van der Waals surface area contributed by atoms with Crippen molar-refractivity contribution in [3.05, 3.63) is 143 Å². The summed E-state index contributed by atoms with van der Waals surface area (Å²) in [5, 5.41) is 12.6. The summed E-state index contributed by atoms with van der Waals surface area (Å²) in [5.74, 6) is -0.807. The van der Waals surface area contributed by atoms with Crippen molar-refractivity contribution in [2.75, 3.05) is 5.32 Å². The van der Waals surface area contributed by atoms with E-state index in [1.807, 2.05) is 42.5 Å². The van der Waals surface area contributed by atoms with Crippen LogP contribution in [0.1, 0.15) is 50.8 Å². The number of carboxylic acids is 1. The molecular weight excluding hydrogens is 480 g/mol. The number of nitrogens with one attached hydrogen (secondary N) is 1. The quantitative estimate of drug-likeness (QED) is 0.282. The van der Waals surface area contributed by atoms with E-state index in [1.54, 1.807) is 0 Å². The van der Waals surface area contributed by atoms with Gasteiger partial charge in [-0.3, -0.25) is 4.79 Å². The Labute approximate surface area is 232 Å². The summed E-state index contributed by atoms with van der Waals surface area (Å²) in [6.45, 7) is 9.60. The number of aliphatic carboxylic acids is 1. The minimum Gasteiger partial charge on any atom is -0.481 e. The second-order valence-corrected chi connectivity index (χ2v) is 10.8. The van der Waals surface area contributed by atoms with Gasteiger partial charge in [0.1, 0.15) is 0 Å². The lowest BCUT2D eigenvalue weighted by Crippen LogP contribution is -2.21. The van der Waals surface area contributed by atoms with Gasteiger partial charge < -0.3 is 15.3 Å². The molecule has 4 rings (SSSR count). The molecule has 4 heteroatoms. The highest BCUT2D eigenvalue weighted by Gasteiger charge is 2.22. The zero-order valence-electron chi connectivity index (χ0n) is 23.3. The summed E-state index contributed by atoms with van der Waals surface area (Å²) in [6, 6.07) is 26.7. The van der Waals surface area contributed by atoms with Gasteiger partial charge in [0.25, 0.3) is 0 Å². The molecule has 4 nitrogen and oxygen atoms in total. The van der Waals surface area contributed by atoms with Crippen molar-refractivity contribution >= 4 is 17.3 Å². The Hall–Kier alpha value is -4.31. The molecule has 0 unspecified atom stereocenters. The maximum atomic E-state index is 10.9. The molecule has 200 valence electrons. The first-order chi connectivity index (χ1) is 18.7. The van der Waals surface area contributed by atoms with Gasteiger partial charge in [-0.1, -0.05) is 92.7 Å². The normalized spacial score (nSPS) is 13.7. The van der Waals surface area contributed by atoms with Crippen LogP contribution in [0.15, 0.2) is 126 Å². The minimum absolute atomic E-state index is 0.0335. The SMILES string of the molecule is CC1=CC(=C/C=C/CC(C)(C)c2ccccc2Nc2ccccc2)C=C(C)N1Cc1ccc(CC(=O)O)cc1. The van der Waals surface area contributed by atoms with Crippen LogP contribution in [0.5, 0.6) is 0 Å². The first kappa shape index (κ1) is 27.7. The van der Waals surface area contributed by atoms with Crippen molar-refractivity contribution in [1.29, 1.82) is 0 Å². The molecule has 1 aliphatic rings. The summed E-state index contributed by atoms with van der Waals surface area (Å²) in [4.78, 5) is 13.2. The number of hydrogen-bond donors (Lipinski definition) is 2. The van der Waals surface area contributed by atoms with Crippen LogP contribution < -0.4 is 5.32 Å². The molecule has 0 amide bonds. The molecular formula is C35H38N2O2. The van der Waals surface area contributed by atoms with Crippen LogP contribution in [0.2, 0.25) is 0 Å². The lowest BCUT2D eigenvalue weighted by Gasteiger charge is -2.30. The van der Waals surface area contributed by atoms with Crippen LogP contribution >= 0.6 is 0 Å². The van der Waals surface area contributed by atoms with Crippen LogP contribution in [0.25, 0.3) is 0 Å². The molecule has 3 aromatic rings. The summed E-state index contributed by atoms with van der Waals surface area (Å²) < 4.78 is 0. The summed E-state index contributed by atoms with van der Waals surface area (Å²) in [5.41, 5.74) is 9.01. The lowest BCUT2D eigenvalue weighted by atomic mass is 9.80. The van der Waals surface area contributed by atoms with E-state index in [9.17, 15) is 4.79 Å². The van der Waals surface area contributed by atoms with E-state index in [2.05, 4.69) is 105 Å². The Morgan fingerprint density at radius 2 is 1.49 bits per heavy atom. The van der Waals surface area contributed by atoms with Crippen LogP contribution in [-0.2, 0) is 23.2 Å². The third-order valence-electron chi connectivity index (χ3n) is 7.08. The molecule has 0 fully saturated rings. The van der Waals surface area contributed by atoms with Crippen LogP contribution in [0.4, 0.5) is 11.4 Å². The van der Waals surface area contributed by atoms with Gasteiger partial charge in [-0.2, -0.15) is 0 Å². The Morgan fingerprint density at radius 3 is 2.15 bits per heavy atom. The van der Waals surface area contributed by atoms with Gasteiger partial charge in [-0.05, 0) is 78.3 Å². The van der Waals surface area contributed by atoms with Gasteiger partial charge in [-0.15, -0.1) is 0 Å². The van der Waals surface area contributed by atoms with Gasteiger partial charge in [0.15, 0.2) is 0 Å². The van der Waals surface area contributed by atoms with Gasteiger partial charge in [0.05, 0.1) is 6.42 Å². The van der Waals surface area contributed by atoms with Crippen molar-refractivity contribution in [3.8, 4) is 0 Å². The standard InChI is InChI=1S/C35H38N2O2/c1-26-22-30(23-27(2)37(26)25-29-19-17-28(18-20-29)24-34(38)39)12-10-11-21-35(3,4)32-15-8-9-16-33(32)36-31-13-6-5-7-14-31/h5-20,22-23,36H,21,24-25H2,1-4H3,(H,38,39)/b11-10+. The van der Waals surface area contributed by atoms with Gasteiger partial charge >= 0.3 is 5.97 Å². The van der Waals surface area contributed by atoms with Crippen LogP contribution in [-0.4, -0.2) is 16.0 Å². The second kappa shape index (κ2) is 12.5. The Morgan fingerprint density at radius 1 is 0.872 bits per heavy atom. The summed E-state index contributed by atoms with van der Waals surface area (Å²) >= 11 is 0. The molecule has 0 saturated carbocycles. The van der Waals surface area contributed by atoms with E-state index in [0.29, 0.717) is 0 Å². The molecule has 1 heterocycles. The van der Waals surface area contributed by atoms with E-state index in [4.69, 9.17) is 5.11 Å². The van der Waals surface area contributed by atoms with E-state index in [0.717, 1.165) is 35.5 Å². The van der Waals surface area contributed by atoms with Crippen molar-refractivity contribution in [1.82, 2.24) is 4.90 Å². The molecule has 1 aliphatic heterocycles. The highest BCUT2D eigenvalue weighted by Crippen LogP contribution is 2.34. The molecule has 39 heavy (non-hydrogen) atoms.